The summed E-state index contributed by atoms with van der Waals surface area (Å²) in [6.45, 7) is 0. The summed E-state index contributed by atoms with van der Waals surface area (Å²) in [4.78, 5) is 46.0. The van der Waals surface area contributed by atoms with Crippen LogP contribution in [-0.2, 0) is 32.0 Å². The van der Waals surface area contributed by atoms with Crippen molar-refractivity contribution in [3.63, 3.8) is 0 Å². The molecule has 0 spiro atoms. The standard InChI is InChI=1S/C15H15N3O4/c19-12-4-3-11(15(22)18-12)17-13(20)6-8-1-2-10-9(5-8)7-14(21)16-10/h1-2,5,11H,3-4,6-7H2,(H,16,21)(H,17,20)(H,18,19,22). The molecule has 7 nitrogen and oxygen atoms in total. The minimum Gasteiger partial charge on any atom is -0.344 e. The fourth-order valence-electron chi connectivity index (χ4n) is 2.65. The number of nitrogens with one attached hydrogen (secondary N) is 3. The van der Waals surface area contributed by atoms with Gasteiger partial charge >= 0.3 is 0 Å². The van der Waals surface area contributed by atoms with Crippen molar-refractivity contribution >= 4 is 29.3 Å². The van der Waals surface area contributed by atoms with Gasteiger partial charge in [-0.3, -0.25) is 24.5 Å². The Balaban J connectivity index is 1.60. The van der Waals surface area contributed by atoms with Crippen molar-refractivity contribution in [3.05, 3.63) is 29.3 Å². The van der Waals surface area contributed by atoms with Crippen molar-refractivity contribution in [2.45, 2.75) is 31.7 Å². The average Bonchev–Trinajstić information content (AvgIpc) is 2.81. The maximum Gasteiger partial charge on any atom is 0.249 e. The van der Waals surface area contributed by atoms with Gasteiger partial charge in [-0.25, -0.2) is 0 Å². The molecule has 22 heavy (non-hydrogen) atoms. The highest BCUT2D eigenvalue weighted by atomic mass is 16.2. The Hall–Kier alpha value is -2.70. The van der Waals surface area contributed by atoms with Crippen molar-refractivity contribution in [1.29, 1.82) is 0 Å². The molecule has 0 radical (unpaired) electrons. The first kappa shape index (κ1) is 14.2. The molecule has 4 amide bonds. The number of carbonyl (C=O) groups is 4. The Morgan fingerprint density at radius 3 is 2.77 bits per heavy atom. The lowest BCUT2D eigenvalue weighted by Crippen LogP contribution is -2.52. The SMILES string of the molecule is O=C1CCC(NC(=O)Cc2ccc3c(c2)CC(=O)N3)C(=O)N1. The van der Waals surface area contributed by atoms with E-state index >= 15 is 0 Å². The molecule has 2 aliphatic rings. The lowest BCUT2D eigenvalue weighted by molar-refractivity contribution is -0.137. The molecule has 0 aliphatic carbocycles. The zero-order valence-corrected chi connectivity index (χ0v) is 11.8. The molecule has 1 fully saturated rings. The number of amides is 4. The zero-order valence-electron chi connectivity index (χ0n) is 11.8. The highest BCUT2D eigenvalue weighted by molar-refractivity contribution is 6.02. The normalized spacial score (nSPS) is 20.2. The van der Waals surface area contributed by atoms with Gasteiger partial charge in [-0.15, -0.1) is 0 Å². The summed E-state index contributed by atoms with van der Waals surface area (Å²) < 4.78 is 0. The largest absolute Gasteiger partial charge is 0.344 e. The van der Waals surface area contributed by atoms with Crippen LogP contribution in [0.3, 0.4) is 0 Å². The van der Waals surface area contributed by atoms with Gasteiger partial charge in [0, 0.05) is 12.1 Å². The Kier molecular flexibility index (Phi) is 3.62. The summed E-state index contributed by atoms with van der Waals surface area (Å²) in [5.41, 5.74) is 2.43. The van der Waals surface area contributed by atoms with E-state index in [1.165, 1.54) is 0 Å². The summed E-state index contributed by atoms with van der Waals surface area (Å²) in [5.74, 6) is -1.12. The van der Waals surface area contributed by atoms with Crippen LogP contribution >= 0.6 is 0 Å². The molecule has 2 aliphatic heterocycles. The lowest BCUT2D eigenvalue weighted by atomic mass is 10.0. The van der Waals surface area contributed by atoms with Gasteiger partial charge < -0.3 is 10.6 Å². The molecule has 1 saturated heterocycles. The average molecular weight is 301 g/mol. The molecule has 3 N–H and O–H groups in total. The first-order chi connectivity index (χ1) is 10.5. The second-order valence-electron chi connectivity index (χ2n) is 5.46. The van der Waals surface area contributed by atoms with Crippen LogP contribution in [0.2, 0.25) is 0 Å². The van der Waals surface area contributed by atoms with Gasteiger partial charge in [0.1, 0.15) is 6.04 Å². The van der Waals surface area contributed by atoms with Gasteiger partial charge in [-0.2, -0.15) is 0 Å². The van der Waals surface area contributed by atoms with E-state index in [1.807, 2.05) is 6.07 Å². The number of hydrogen-bond acceptors (Lipinski definition) is 4. The van der Waals surface area contributed by atoms with Crippen LogP contribution in [-0.4, -0.2) is 29.7 Å². The van der Waals surface area contributed by atoms with Gasteiger partial charge in [0.2, 0.25) is 23.6 Å². The van der Waals surface area contributed by atoms with Crippen LogP contribution in [0.25, 0.3) is 0 Å². The monoisotopic (exact) mass is 301 g/mol. The molecule has 0 saturated carbocycles. The third-order valence-electron chi connectivity index (χ3n) is 3.73. The molecule has 3 rings (SSSR count). The fourth-order valence-corrected chi connectivity index (χ4v) is 2.65. The summed E-state index contributed by atoms with van der Waals surface area (Å²) in [6.07, 6.45) is 0.986. The first-order valence-corrected chi connectivity index (χ1v) is 7.06. The lowest BCUT2D eigenvalue weighted by Gasteiger charge is -2.21. The number of anilines is 1. The number of carbonyl (C=O) groups excluding carboxylic acids is 4. The quantitative estimate of drug-likeness (QED) is 0.663. The summed E-state index contributed by atoms with van der Waals surface area (Å²) in [6, 6.07) is 4.70. The molecule has 1 unspecified atom stereocenters. The van der Waals surface area contributed by atoms with Gasteiger partial charge in [0.25, 0.3) is 0 Å². The summed E-state index contributed by atoms with van der Waals surface area (Å²) in [7, 11) is 0. The van der Waals surface area contributed by atoms with Gasteiger partial charge in [-0.05, 0) is 23.6 Å². The molecule has 2 heterocycles. The molecule has 1 aromatic carbocycles. The Bertz CT molecular complexity index is 683. The highest BCUT2D eigenvalue weighted by Gasteiger charge is 2.27. The number of rotatable bonds is 3. The minimum absolute atomic E-state index is 0.0554. The van der Waals surface area contributed by atoms with Crippen LogP contribution in [0.5, 0.6) is 0 Å². The molecule has 1 atom stereocenters. The van der Waals surface area contributed by atoms with Gasteiger partial charge in [0.05, 0.1) is 12.8 Å². The molecule has 7 heteroatoms. The summed E-state index contributed by atoms with van der Waals surface area (Å²) >= 11 is 0. The van der Waals surface area contributed by atoms with Crippen LogP contribution in [0.1, 0.15) is 24.0 Å². The number of hydrogen-bond donors (Lipinski definition) is 3. The van der Waals surface area contributed by atoms with Crippen LogP contribution in [0.15, 0.2) is 18.2 Å². The molecule has 114 valence electrons. The molecule has 1 aromatic rings. The van der Waals surface area contributed by atoms with Crippen LogP contribution < -0.4 is 16.0 Å². The Morgan fingerprint density at radius 1 is 1.18 bits per heavy atom. The molecule has 0 aromatic heterocycles. The third kappa shape index (κ3) is 2.98. The van der Waals surface area contributed by atoms with E-state index in [4.69, 9.17) is 0 Å². The van der Waals surface area contributed by atoms with Crippen LogP contribution in [0, 0.1) is 0 Å². The maximum absolute atomic E-state index is 12.0. The van der Waals surface area contributed by atoms with Crippen LogP contribution in [0.4, 0.5) is 5.69 Å². The predicted octanol–water partition coefficient (Wildman–Crippen LogP) is -0.355. The van der Waals surface area contributed by atoms with Gasteiger partial charge in [-0.1, -0.05) is 12.1 Å². The second-order valence-corrected chi connectivity index (χ2v) is 5.46. The number of benzene rings is 1. The predicted molar refractivity (Wildman–Crippen MR) is 76.8 cm³/mol. The van der Waals surface area contributed by atoms with E-state index in [-0.39, 0.29) is 30.6 Å². The molecular weight excluding hydrogens is 286 g/mol. The van der Waals surface area contributed by atoms with Gasteiger partial charge in [0.15, 0.2) is 0 Å². The zero-order chi connectivity index (χ0) is 15.7. The van der Waals surface area contributed by atoms with E-state index in [0.717, 1.165) is 16.8 Å². The first-order valence-electron chi connectivity index (χ1n) is 7.06. The van der Waals surface area contributed by atoms with E-state index in [0.29, 0.717) is 12.8 Å². The Labute approximate surface area is 126 Å². The molecular formula is C15H15N3O4. The van der Waals surface area contributed by atoms with Crippen molar-refractivity contribution < 1.29 is 19.2 Å². The molecule has 0 bridgehead atoms. The topological polar surface area (TPSA) is 104 Å². The van der Waals surface area contributed by atoms with Crippen molar-refractivity contribution in [3.8, 4) is 0 Å². The van der Waals surface area contributed by atoms with Crippen molar-refractivity contribution in [2.75, 3.05) is 5.32 Å². The number of piperidine rings is 1. The van der Waals surface area contributed by atoms with E-state index in [2.05, 4.69) is 16.0 Å². The fraction of sp³-hybridized carbons (Fsp3) is 0.333. The number of fused-ring (bicyclic) bond motifs is 1. The van der Waals surface area contributed by atoms with Crippen molar-refractivity contribution in [1.82, 2.24) is 10.6 Å². The van der Waals surface area contributed by atoms with E-state index in [1.54, 1.807) is 12.1 Å². The summed E-state index contributed by atoms with van der Waals surface area (Å²) in [5, 5.41) is 7.56. The van der Waals surface area contributed by atoms with E-state index < -0.39 is 11.9 Å². The third-order valence-corrected chi connectivity index (χ3v) is 3.73. The minimum atomic E-state index is -0.664. The second kappa shape index (κ2) is 5.59. The highest BCUT2D eigenvalue weighted by Crippen LogP contribution is 2.24. The maximum atomic E-state index is 12.0. The van der Waals surface area contributed by atoms with Crippen molar-refractivity contribution in [2.24, 2.45) is 0 Å². The van der Waals surface area contributed by atoms with E-state index in [9.17, 15) is 19.2 Å². The smallest absolute Gasteiger partial charge is 0.249 e. The number of imide groups is 1. The Morgan fingerprint density at radius 2 is 2.00 bits per heavy atom.